The maximum absolute atomic E-state index is 13.2. The average Bonchev–Trinajstić information content (AvgIpc) is 3.22. The highest BCUT2D eigenvalue weighted by atomic mass is 35.5. The van der Waals surface area contributed by atoms with Crippen molar-refractivity contribution in [2.24, 2.45) is 5.73 Å². The summed E-state index contributed by atoms with van der Waals surface area (Å²) < 4.78 is 6.81. The second kappa shape index (κ2) is 8.69. The van der Waals surface area contributed by atoms with Crippen molar-refractivity contribution in [3.05, 3.63) is 52.5 Å². The van der Waals surface area contributed by atoms with Crippen LogP contribution >= 0.6 is 22.9 Å². The number of fused-ring (bicyclic) bond motifs is 2. The molecule has 2 N–H and O–H groups in total. The zero-order chi connectivity index (χ0) is 22.2. The van der Waals surface area contributed by atoms with Gasteiger partial charge in [0, 0.05) is 10.9 Å². The summed E-state index contributed by atoms with van der Waals surface area (Å²) in [6, 6.07) is 13.1. The summed E-state index contributed by atoms with van der Waals surface area (Å²) in [4.78, 5) is 33.4. The minimum absolute atomic E-state index is 0.0555. The molecule has 7 nitrogen and oxygen atoms in total. The van der Waals surface area contributed by atoms with Crippen LogP contribution in [0, 0.1) is 0 Å². The molecule has 1 fully saturated rings. The molecule has 2 aromatic carbocycles. The van der Waals surface area contributed by atoms with E-state index in [-0.39, 0.29) is 12.5 Å². The number of carbonyl (C=O) groups is 2. The van der Waals surface area contributed by atoms with Gasteiger partial charge in [-0.25, -0.2) is 4.98 Å². The zero-order valence-electron chi connectivity index (χ0n) is 17.4. The first-order chi connectivity index (χ1) is 15.5. The number of ether oxygens (including phenoxy) is 1. The fourth-order valence-corrected chi connectivity index (χ4v) is 5.61. The van der Waals surface area contributed by atoms with Crippen molar-refractivity contribution in [2.45, 2.75) is 24.9 Å². The monoisotopic (exact) mass is 470 g/mol. The van der Waals surface area contributed by atoms with Gasteiger partial charge in [-0.15, -0.1) is 11.3 Å². The second-order valence-corrected chi connectivity index (χ2v) is 9.69. The molecular weight excluding hydrogens is 448 g/mol. The van der Waals surface area contributed by atoms with Crippen molar-refractivity contribution in [3.63, 3.8) is 0 Å². The van der Waals surface area contributed by atoms with Gasteiger partial charge in [0.05, 0.1) is 34.0 Å². The lowest BCUT2D eigenvalue weighted by molar-refractivity contribution is -0.125. The fourth-order valence-electron chi connectivity index (χ4n) is 4.33. The predicted octanol–water partition coefficient (Wildman–Crippen LogP) is 3.41. The van der Waals surface area contributed by atoms with Gasteiger partial charge < -0.3 is 15.4 Å². The quantitative estimate of drug-likeness (QED) is 0.631. The SMILES string of the molecule is NC(=O)[C@H]1CN(C(=O)CN2CCC(c3nc4cc(Cl)ccc4s3)CC2)c2ccccc2O1. The number of amides is 2. The molecule has 0 saturated carbocycles. The summed E-state index contributed by atoms with van der Waals surface area (Å²) in [5.41, 5.74) is 7.08. The summed E-state index contributed by atoms with van der Waals surface area (Å²) in [6.07, 6.45) is 1.06. The molecule has 0 spiro atoms. The van der Waals surface area contributed by atoms with E-state index in [9.17, 15) is 9.59 Å². The van der Waals surface area contributed by atoms with E-state index in [2.05, 4.69) is 4.90 Å². The molecule has 9 heteroatoms. The van der Waals surface area contributed by atoms with Gasteiger partial charge in [0.25, 0.3) is 5.91 Å². The van der Waals surface area contributed by atoms with Gasteiger partial charge in [-0.05, 0) is 56.3 Å². The van der Waals surface area contributed by atoms with E-state index < -0.39 is 12.0 Å². The Hall–Kier alpha value is -2.68. The molecule has 5 rings (SSSR count). The molecule has 1 saturated heterocycles. The molecule has 2 amide bonds. The lowest BCUT2D eigenvalue weighted by Gasteiger charge is -2.36. The van der Waals surface area contributed by atoms with Crippen molar-refractivity contribution in [3.8, 4) is 5.75 Å². The van der Waals surface area contributed by atoms with E-state index in [1.807, 2.05) is 36.4 Å². The zero-order valence-corrected chi connectivity index (χ0v) is 18.9. The summed E-state index contributed by atoms with van der Waals surface area (Å²) in [7, 11) is 0. The highest BCUT2D eigenvalue weighted by molar-refractivity contribution is 7.18. The Labute approximate surface area is 194 Å². The largest absolute Gasteiger partial charge is 0.477 e. The average molecular weight is 471 g/mol. The Morgan fingerprint density at radius 2 is 1.97 bits per heavy atom. The number of thiazole rings is 1. The highest BCUT2D eigenvalue weighted by Crippen LogP contribution is 2.36. The summed E-state index contributed by atoms with van der Waals surface area (Å²) >= 11 is 7.82. The van der Waals surface area contributed by atoms with Gasteiger partial charge in [0.1, 0.15) is 5.75 Å². The number of piperidine rings is 1. The minimum Gasteiger partial charge on any atom is -0.477 e. The van der Waals surface area contributed by atoms with Crippen LogP contribution in [0.2, 0.25) is 5.02 Å². The third kappa shape index (κ3) is 4.18. The molecule has 3 heterocycles. The number of nitrogens with two attached hydrogens (primary N) is 1. The number of anilines is 1. The first-order valence-electron chi connectivity index (χ1n) is 10.6. The van der Waals surface area contributed by atoms with Crippen molar-refractivity contribution in [1.82, 2.24) is 9.88 Å². The van der Waals surface area contributed by atoms with Gasteiger partial charge in [0.2, 0.25) is 5.91 Å². The number of hydrogen-bond acceptors (Lipinski definition) is 6. The molecule has 3 aromatic rings. The second-order valence-electron chi connectivity index (χ2n) is 8.20. The fraction of sp³-hybridized carbons (Fsp3) is 0.348. The Balaban J connectivity index is 1.24. The molecule has 2 aliphatic rings. The van der Waals surface area contributed by atoms with Crippen LogP contribution < -0.4 is 15.4 Å². The first-order valence-corrected chi connectivity index (χ1v) is 11.8. The van der Waals surface area contributed by atoms with Crippen molar-refractivity contribution >= 4 is 50.7 Å². The van der Waals surface area contributed by atoms with Crippen LogP contribution in [0.15, 0.2) is 42.5 Å². The van der Waals surface area contributed by atoms with Crippen LogP contribution in [0.25, 0.3) is 10.2 Å². The standard InChI is InChI=1S/C23H23ClN4O3S/c24-15-5-6-20-16(11-15)26-23(32-20)14-7-9-27(10-8-14)13-21(29)28-12-19(22(25)30)31-18-4-2-1-3-17(18)28/h1-6,11,14,19H,7-10,12-13H2,(H2,25,30)/t19-/m1/s1. The number of likely N-dealkylation sites (tertiary alicyclic amines) is 1. The predicted molar refractivity (Wildman–Crippen MR) is 125 cm³/mol. The van der Waals surface area contributed by atoms with Crippen molar-refractivity contribution < 1.29 is 14.3 Å². The van der Waals surface area contributed by atoms with E-state index in [0.717, 1.165) is 41.2 Å². The smallest absolute Gasteiger partial charge is 0.260 e. The number of rotatable bonds is 4. The van der Waals surface area contributed by atoms with Crippen LogP contribution in [0.5, 0.6) is 5.75 Å². The molecule has 32 heavy (non-hydrogen) atoms. The Bertz CT molecular complexity index is 1180. The molecule has 0 radical (unpaired) electrons. The Morgan fingerprint density at radius 3 is 2.75 bits per heavy atom. The lowest BCUT2D eigenvalue weighted by Crippen LogP contribution is -2.52. The summed E-state index contributed by atoms with van der Waals surface area (Å²) in [5, 5.41) is 1.84. The topological polar surface area (TPSA) is 88.8 Å². The number of nitrogens with zero attached hydrogens (tertiary/aromatic N) is 3. The minimum atomic E-state index is -0.841. The summed E-state index contributed by atoms with van der Waals surface area (Å²) in [5.74, 6) is 0.266. The highest BCUT2D eigenvalue weighted by Gasteiger charge is 2.34. The molecular formula is C23H23ClN4O3S. The molecule has 0 unspecified atom stereocenters. The van der Waals surface area contributed by atoms with E-state index in [1.54, 1.807) is 22.3 Å². The number of hydrogen-bond donors (Lipinski definition) is 1. The third-order valence-corrected chi connectivity index (χ3v) is 7.49. The van der Waals surface area contributed by atoms with E-state index in [0.29, 0.717) is 28.9 Å². The molecule has 0 bridgehead atoms. The van der Waals surface area contributed by atoms with Crippen molar-refractivity contribution in [2.75, 3.05) is 31.1 Å². The lowest BCUT2D eigenvalue weighted by atomic mass is 9.97. The maximum atomic E-state index is 13.2. The van der Waals surface area contributed by atoms with Gasteiger partial charge >= 0.3 is 0 Å². The van der Waals surface area contributed by atoms with E-state index >= 15 is 0 Å². The van der Waals surface area contributed by atoms with Crippen LogP contribution in [0.4, 0.5) is 5.69 Å². The molecule has 0 aliphatic carbocycles. The normalized spacial score (nSPS) is 19.5. The number of para-hydroxylation sites is 2. The van der Waals surface area contributed by atoms with Crippen molar-refractivity contribution in [1.29, 1.82) is 0 Å². The Kier molecular flexibility index (Phi) is 5.75. The number of aromatic nitrogens is 1. The number of carbonyl (C=O) groups excluding carboxylic acids is 2. The Morgan fingerprint density at radius 1 is 1.19 bits per heavy atom. The number of primary amides is 1. The first kappa shape index (κ1) is 21.2. The molecule has 166 valence electrons. The van der Waals surface area contributed by atoms with Crippen LogP contribution in [0.1, 0.15) is 23.8 Å². The van der Waals surface area contributed by atoms with E-state index in [1.165, 1.54) is 0 Å². The third-order valence-electron chi connectivity index (χ3n) is 6.05. The van der Waals surface area contributed by atoms with E-state index in [4.69, 9.17) is 27.1 Å². The molecule has 2 aliphatic heterocycles. The molecule has 1 aromatic heterocycles. The van der Waals surface area contributed by atoms with Gasteiger partial charge in [-0.3, -0.25) is 14.5 Å². The molecule has 1 atom stereocenters. The maximum Gasteiger partial charge on any atom is 0.260 e. The van der Waals surface area contributed by atoms with Gasteiger partial charge in [0.15, 0.2) is 6.10 Å². The van der Waals surface area contributed by atoms with Crippen LogP contribution in [-0.2, 0) is 9.59 Å². The number of halogens is 1. The van der Waals surface area contributed by atoms with Crippen LogP contribution in [-0.4, -0.2) is 54.0 Å². The van der Waals surface area contributed by atoms with Crippen LogP contribution in [0.3, 0.4) is 0 Å². The number of benzene rings is 2. The van der Waals surface area contributed by atoms with Gasteiger partial charge in [-0.2, -0.15) is 0 Å². The summed E-state index contributed by atoms with van der Waals surface area (Å²) in [6.45, 7) is 2.06. The van der Waals surface area contributed by atoms with Gasteiger partial charge in [-0.1, -0.05) is 23.7 Å².